The smallest absolute Gasteiger partial charge is 0.408 e. The maximum Gasteiger partial charge on any atom is 0.408 e. The summed E-state index contributed by atoms with van der Waals surface area (Å²) in [6, 6.07) is -3.38. The van der Waals surface area contributed by atoms with Gasteiger partial charge in [0.05, 0.1) is 6.61 Å². The molecule has 0 bridgehead atoms. The fourth-order valence-corrected chi connectivity index (χ4v) is 8.34. The van der Waals surface area contributed by atoms with Gasteiger partial charge in [-0.25, -0.2) is 4.79 Å². The number of rotatable bonds is 37. The van der Waals surface area contributed by atoms with Gasteiger partial charge in [0.1, 0.15) is 42.0 Å². The first-order valence-electron chi connectivity index (χ1n) is 26.2. The molecule has 6 N–H and O–H groups in total. The molecule has 1 heterocycles. The summed E-state index contributed by atoms with van der Waals surface area (Å²) in [6.45, 7) is 14.6. The van der Waals surface area contributed by atoms with Crippen molar-refractivity contribution in [1.29, 1.82) is 0 Å². The van der Waals surface area contributed by atoms with Crippen LogP contribution in [0.25, 0.3) is 0 Å². The normalized spacial score (nSPS) is 19.8. The molecule has 0 aromatic heterocycles. The third-order valence-corrected chi connectivity index (χ3v) is 12.2. The van der Waals surface area contributed by atoms with Crippen LogP contribution in [0, 0.1) is 5.92 Å². The molecular formula is C52H98N4O9. The van der Waals surface area contributed by atoms with Crippen molar-refractivity contribution < 1.29 is 44.0 Å². The largest absolute Gasteiger partial charge is 0.444 e. The zero-order valence-electron chi connectivity index (χ0n) is 42.5. The summed E-state index contributed by atoms with van der Waals surface area (Å²) in [4.78, 5) is 55.6. The van der Waals surface area contributed by atoms with Crippen LogP contribution in [0.4, 0.5) is 4.79 Å². The minimum absolute atomic E-state index is 0.0388. The highest BCUT2D eigenvalue weighted by atomic mass is 16.6. The van der Waals surface area contributed by atoms with Crippen LogP contribution in [-0.4, -0.2) is 105 Å². The molecule has 0 saturated carbocycles. The lowest BCUT2D eigenvalue weighted by molar-refractivity contribution is -0.231. The fraction of sp³-hybridized carbons (Fsp3) is 0.885. The van der Waals surface area contributed by atoms with Gasteiger partial charge in [-0.3, -0.25) is 14.4 Å². The molecule has 0 radical (unpaired) electrons. The van der Waals surface area contributed by atoms with E-state index in [1.807, 2.05) is 13.8 Å². The van der Waals surface area contributed by atoms with Crippen LogP contribution in [0.5, 0.6) is 0 Å². The minimum atomic E-state index is -1.59. The summed E-state index contributed by atoms with van der Waals surface area (Å²) in [5, 5.41) is 40.9. The minimum Gasteiger partial charge on any atom is -0.444 e. The van der Waals surface area contributed by atoms with Gasteiger partial charge >= 0.3 is 6.09 Å². The number of hydrogen-bond donors (Lipinski definition) is 6. The van der Waals surface area contributed by atoms with E-state index in [0.29, 0.717) is 19.4 Å². The number of carbonyl (C=O) groups is 4. The molecule has 7 atom stereocenters. The number of nitrogens with zero attached hydrogens (tertiary/aromatic N) is 1. The number of amides is 4. The van der Waals surface area contributed by atoms with Gasteiger partial charge in [0.2, 0.25) is 17.7 Å². The molecule has 0 spiro atoms. The van der Waals surface area contributed by atoms with Gasteiger partial charge < -0.3 is 45.6 Å². The molecule has 13 nitrogen and oxygen atoms in total. The lowest BCUT2D eigenvalue weighted by atomic mass is 9.93. The van der Waals surface area contributed by atoms with Crippen molar-refractivity contribution in [3.63, 3.8) is 0 Å². The third kappa shape index (κ3) is 28.3. The second-order valence-electron chi connectivity index (χ2n) is 20.1. The van der Waals surface area contributed by atoms with E-state index in [0.717, 1.165) is 57.8 Å². The van der Waals surface area contributed by atoms with Gasteiger partial charge in [-0.15, -0.1) is 0 Å². The molecule has 1 aliphatic heterocycles. The van der Waals surface area contributed by atoms with Crippen LogP contribution in [0.2, 0.25) is 0 Å². The average molecular weight is 923 g/mol. The Labute approximate surface area is 395 Å². The summed E-state index contributed by atoms with van der Waals surface area (Å²) in [7, 11) is 0. The van der Waals surface area contributed by atoms with Crippen LogP contribution in [0.1, 0.15) is 229 Å². The van der Waals surface area contributed by atoms with Gasteiger partial charge in [0.25, 0.3) is 0 Å². The predicted octanol–water partition coefficient (Wildman–Crippen LogP) is 9.92. The Hall–Kier alpha value is -2.74. The molecule has 13 heteroatoms. The number of hydrogen-bond acceptors (Lipinski definition) is 9. The highest BCUT2D eigenvalue weighted by Crippen LogP contribution is 2.26. The Morgan fingerprint density at radius 1 is 0.662 bits per heavy atom. The fourth-order valence-electron chi connectivity index (χ4n) is 8.34. The van der Waals surface area contributed by atoms with Crippen LogP contribution in [0.3, 0.4) is 0 Å². The van der Waals surface area contributed by atoms with Gasteiger partial charge in [-0.1, -0.05) is 162 Å². The second-order valence-corrected chi connectivity index (χ2v) is 20.1. The number of ether oxygens (including phenoxy) is 2. The van der Waals surface area contributed by atoms with Crippen LogP contribution < -0.4 is 16.0 Å². The molecule has 0 aliphatic carbocycles. The van der Waals surface area contributed by atoms with E-state index in [2.05, 4.69) is 41.9 Å². The molecule has 0 aromatic rings. The van der Waals surface area contributed by atoms with E-state index in [-0.39, 0.29) is 24.7 Å². The Kier molecular flexibility index (Phi) is 33.7. The average Bonchev–Trinajstić information content (AvgIpc) is 3.24. The highest BCUT2D eigenvalue weighted by molar-refractivity contribution is 5.91. The Morgan fingerprint density at radius 2 is 1.14 bits per heavy atom. The number of aliphatic hydroxyl groups is 3. The van der Waals surface area contributed by atoms with E-state index in [9.17, 15) is 34.5 Å². The van der Waals surface area contributed by atoms with Crippen LogP contribution in [-0.2, 0) is 23.9 Å². The molecule has 1 rings (SSSR count). The van der Waals surface area contributed by atoms with E-state index < -0.39 is 72.8 Å². The molecule has 380 valence electrons. The molecular weight excluding hydrogens is 825 g/mol. The highest BCUT2D eigenvalue weighted by Gasteiger charge is 2.48. The maximum atomic E-state index is 14.2. The molecule has 65 heavy (non-hydrogen) atoms. The lowest BCUT2D eigenvalue weighted by Crippen LogP contribution is -2.70. The summed E-state index contributed by atoms with van der Waals surface area (Å²) in [5.41, 5.74) is -0.772. The lowest BCUT2D eigenvalue weighted by Gasteiger charge is -2.47. The third-order valence-electron chi connectivity index (χ3n) is 12.2. The number of carbonyl (C=O) groups excluding carboxylic acids is 4. The van der Waals surface area contributed by atoms with Crippen molar-refractivity contribution in [2.45, 2.75) is 277 Å². The van der Waals surface area contributed by atoms with Gasteiger partial charge in [-0.05, 0) is 78.6 Å². The zero-order valence-corrected chi connectivity index (χ0v) is 42.5. The van der Waals surface area contributed by atoms with E-state index in [1.165, 1.54) is 96.8 Å². The topological polar surface area (TPSA) is 187 Å². The predicted molar refractivity (Wildman–Crippen MR) is 262 cm³/mol. The first-order valence-corrected chi connectivity index (χ1v) is 26.2. The van der Waals surface area contributed by atoms with E-state index >= 15 is 0 Å². The zero-order chi connectivity index (χ0) is 48.5. The number of aliphatic hydroxyl groups excluding tert-OH is 3. The number of unbranched alkanes of at least 4 members (excludes halogenated alkanes) is 22. The number of nitrogens with one attached hydrogen (secondary N) is 3. The summed E-state index contributed by atoms with van der Waals surface area (Å²) in [5.74, 6) is -1.47. The Balaban J connectivity index is 3.06. The van der Waals surface area contributed by atoms with Crippen molar-refractivity contribution in [1.82, 2.24) is 20.9 Å². The first-order chi connectivity index (χ1) is 31.1. The Morgan fingerprint density at radius 3 is 1.62 bits per heavy atom. The Bertz CT molecular complexity index is 1290. The maximum absolute atomic E-state index is 14.2. The van der Waals surface area contributed by atoms with E-state index in [1.54, 1.807) is 25.7 Å². The molecule has 0 unspecified atom stereocenters. The molecule has 1 saturated heterocycles. The second kappa shape index (κ2) is 36.3. The van der Waals surface area contributed by atoms with Gasteiger partial charge in [0.15, 0.2) is 6.23 Å². The number of alkyl carbamates (subject to hydrolysis) is 1. The van der Waals surface area contributed by atoms with E-state index in [4.69, 9.17) is 9.47 Å². The standard InChI is InChI=1S/C52H98N4O9/c1-9-11-13-15-17-19-21-23-24-25-26-28-30-32-34-36-44(58)56(37-35-33-31-29-27-22-20-18-16-14-12-10-2)50-45(47(60)46(59)43(39-57)64-50)55-49(62)42(38-40(3)4)54-48(61)41(5)53-51(63)65-52(6,7)8/h23-24,40-43,45-47,50,57,59-60H,9-22,25-39H2,1-8H3,(H,53,63)(H,54,61)(H,55,62)/t41-,42-,43+,45+,46+,47+,50+/m0/s1. The quantitative estimate of drug-likeness (QED) is 0.0261. The molecule has 1 fully saturated rings. The van der Waals surface area contributed by atoms with Crippen molar-refractivity contribution in [3.8, 4) is 0 Å². The van der Waals surface area contributed by atoms with Crippen molar-refractivity contribution in [2.75, 3.05) is 13.2 Å². The van der Waals surface area contributed by atoms with Gasteiger partial charge in [0, 0.05) is 13.0 Å². The SMILES string of the molecule is CCCCCCCCC=CCCCCCCCC(=O)N(CCCCCCCCCCCCCC)[C@@H]1O[C@H](CO)[C@@H](O)[C@H](O)[C@H]1NC(=O)[C@H](CC(C)C)NC(=O)[C@H](C)NC(=O)OC(C)(C)C. The van der Waals surface area contributed by atoms with Crippen molar-refractivity contribution in [2.24, 2.45) is 5.92 Å². The van der Waals surface area contributed by atoms with Crippen LogP contribution >= 0.6 is 0 Å². The monoisotopic (exact) mass is 923 g/mol. The number of allylic oxidation sites excluding steroid dienone is 2. The first kappa shape index (κ1) is 60.3. The molecule has 0 aromatic carbocycles. The van der Waals surface area contributed by atoms with Crippen LogP contribution in [0.15, 0.2) is 12.2 Å². The molecule has 1 aliphatic rings. The summed E-state index contributed by atoms with van der Waals surface area (Å²) >= 11 is 0. The van der Waals surface area contributed by atoms with Crippen molar-refractivity contribution >= 4 is 23.8 Å². The summed E-state index contributed by atoms with van der Waals surface area (Å²) < 4.78 is 11.5. The molecule has 4 amide bonds. The van der Waals surface area contributed by atoms with Crippen molar-refractivity contribution in [3.05, 3.63) is 12.2 Å². The summed E-state index contributed by atoms with van der Waals surface area (Å²) in [6.07, 6.45) is 27.5. The van der Waals surface area contributed by atoms with Gasteiger partial charge in [-0.2, -0.15) is 0 Å².